The van der Waals surface area contributed by atoms with Gasteiger partial charge in [-0.2, -0.15) is 0 Å². The molecule has 5 nitrogen and oxygen atoms in total. The predicted molar refractivity (Wildman–Crippen MR) is 95.0 cm³/mol. The molecule has 1 fully saturated rings. The van der Waals surface area contributed by atoms with Crippen LogP contribution in [0.1, 0.15) is 19.1 Å². The molecule has 0 bridgehead atoms. The minimum Gasteiger partial charge on any atom is -0.374 e. The van der Waals surface area contributed by atoms with E-state index in [-0.39, 0.29) is 6.23 Å². The second-order valence-electron chi connectivity index (χ2n) is 6.40. The fourth-order valence-electron chi connectivity index (χ4n) is 3.49. The first kappa shape index (κ1) is 15.1. The number of ether oxygens (including phenoxy) is 1. The summed E-state index contributed by atoms with van der Waals surface area (Å²) >= 11 is 0. The molecule has 1 aliphatic rings. The van der Waals surface area contributed by atoms with Crippen molar-refractivity contribution >= 4 is 16.7 Å². The average Bonchev–Trinajstić information content (AvgIpc) is 3.07. The van der Waals surface area contributed by atoms with Crippen LogP contribution in [-0.2, 0) is 4.74 Å². The van der Waals surface area contributed by atoms with Gasteiger partial charge in [-0.15, -0.1) is 5.10 Å². The van der Waals surface area contributed by atoms with Crippen LogP contribution in [0.4, 0.5) is 5.69 Å². The third kappa shape index (κ3) is 2.87. The topological polar surface area (TPSA) is 43.2 Å². The molecule has 0 aliphatic carbocycles. The van der Waals surface area contributed by atoms with Crippen molar-refractivity contribution in [2.24, 2.45) is 5.92 Å². The predicted octanol–water partition coefficient (Wildman–Crippen LogP) is 3.49. The molecule has 0 N–H and O–H groups in total. The van der Waals surface area contributed by atoms with Crippen LogP contribution >= 0.6 is 0 Å². The number of fused-ring (bicyclic) bond motifs is 1. The summed E-state index contributed by atoms with van der Waals surface area (Å²) in [5, 5.41) is 8.66. The first-order chi connectivity index (χ1) is 11.8. The van der Waals surface area contributed by atoms with Crippen molar-refractivity contribution in [3.05, 3.63) is 54.6 Å². The zero-order valence-corrected chi connectivity index (χ0v) is 13.9. The van der Waals surface area contributed by atoms with Gasteiger partial charge in [-0.05, 0) is 37.1 Å². The Morgan fingerprint density at radius 3 is 2.79 bits per heavy atom. The zero-order valence-electron chi connectivity index (χ0n) is 13.9. The van der Waals surface area contributed by atoms with Crippen molar-refractivity contribution in [3.63, 3.8) is 0 Å². The molecule has 2 heterocycles. The zero-order chi connectivity index (χ0) is 16.4. The number of rotatable bonds is 4. The quantitative estimate of drug-likeness (QED) is 0.737. The van der Waals surface area contributed by atoms with Gasteiger partial charge < -0.3 is 9.64 Å². The van der Waals surface area contributed by atoms with E-state index in [4.69, 9.17) is 4.74 Å². The van der Waals surface area contributed by atoms with Crippen LogP contribution in [0.2, 0.25) is 0 Å². The lowest BCUT2D eigenvalue weighted by atomic mass is 9.98. The minimum atomic E-state index is -0.0580. The molecule has 24 heavy (non-hydrogen) atoms. The van der Waals surface area contributed by atoms with Gasteiger partial charge in [0.1, 0.15) is 5.52 Å². The molecular weight excluding hydrogens is 300 g/mol. The van der Waals surface area contributed by atoms with Gasteiger partial charge >= 0.3 is 0 Å². The fourth-order valence-corrected chi connectivity index (χ4v) is 3.49. The van der Waals surface area contributed by atoms with Gasteiger partial charge in [-0.1, -0.05) is 35.5 Å². The first-order valence-electron chi connectivity index (χ1n) is 8.50. The molecule has 1 aromatic heterocycles. The molecule has 0 saturated carbocycles. The fraction of sp³-hybridized carbons (Fsp3) is 0.368. The molecule has 2 aromatic carbocycles. The van der Waals surface area contributed by atoms with Gasteiger partial charge in [-0.3, -0.25) is 0 Å². The van der Waals surface area contributed by atoms with E-state index in [0.717, 1.165) is 37.0 Å². The largest absolute Gasteiger partial charge is 0.374 e. The summed E-state index contributed by atoms with van der Waals surface area (Å²) in [6, 6.07) is 18.5. The van der Waals surface area contributed by atoms with Crippen LogP contribution in [0, 0.1) is 5.92 Å². The Morgan fingerprint density at radius 1 is 1.12 bits per heavy atom. The number of hydrogen-bond donors (Lipinski definition) is 0. The maximum atomic E-state index is 6.11. The maximum Gasteiger partial charge on any atom is 0.157 e. The van der Waals surface area contributed by atoms with Gasteiger partial charge in [-0.25, -0.2) is 4.68 Å². The van der Waals surface area contributed by atoms with E-state index in [1.165, 1.54) is 5.69 Å². The number of benzene rings is 2. The maximum absolute atomic E-state index is 6.11. The molecule has 0 amide bonds. The summed E-state index contributed by atoms with van der Waals surface area (Å²) in [5.74, 6) is 0.383. The summed E-state index contributed by atoms with van der Waals surface area (Å²) in [5.41, 5.74) is 3.18. The highest BCUT2D eigenvalue weighted by atomic mass is 16.5. The third-order valence-corrected chi connectivity index (χ3v) is 4.73. The SMILES string of the molecule is CN(CC1CCCOC1n1nnc2ccccc21)c1ccccc1. The number of para-hydroxylation sites is 2. The van der Waals surface area contributed by atoms with E-state index in [0.29, 0.717) is 5.92 Å². The standard InChI is InChI=1S/C19H22N4O/c1-22(16-9-3-2-4-10-16)14-15-8-7-13-24-19(15)23-18-12-6-5-11-17(18)20-21-23/h2-6,9-12,15,19H,7-8,13-14H2,1H3. The normalized spacial score (nSPS) is 21.0. The van der Waals surface area contributed by atoms with Crippen molar-refractivity contribution in [2.45, 2.75) is 19.1 Å². The van der Waals surface area contributed by atoms with Crippen LogP contribution in [0.5, 0.6) is 0 Å². The van der Waals surface area contributed by atoms with Gasteiger partial charge in [0.15, 0.2) is 6.23 Å². The van der Waals surface area contributed by atoms with Crippen molar-refractivity contribution in [2.75, 3.05) is 25.1 Å². The van der Waals surface area contributed by atoms with E-state index in [1.807, 2.05) is 28.9 Å². The summed E-state index contributed by atoms with van der Waals surface area (Å²) in [6.45, 7) is 1.72. The van der Waals surface area contributed by atoms with Gasteiger partial charge in [0, 0.05) is 31.8 Å². The molecule has 124 valence electrons. The summed E-state index contributed by atoms with van der Waals surface area (Å²) in [7, 11) is 2.14. The van der Waals surface area contributed by atoms with E-state index >= 15 is 0 Å². The van der Waals surface area contributed by atoms with E-state index in [2.05, 4.69) is 52.6 Å². The Labute approximate surface area is 141 Å². The lowest BCUT2D eigenvalue weighted by molar-refractivity contribution is -0.0762. The van der Waals surface area contributed by atoms with Crippen molar-refractivity contribution in [1.82, 2.24) is 15.0 Å². The van der Waals surface area contributed by atoms with Crippen LogP contribution in [0.15, 0.2) is 54.6 Å². The van der Waals surface area contributed by atoms with Crippen LogP contribution in [0.25, 0.3) is 11.0 Å². The van der Waals surface area contributed by atoms with E-state index in [9.17, 15) is 0 Å². The number of hydrogen-bond acceptors (Lipinski definition) is 4. The first-order valence-corrected chi connectivity index (χ1v) is 8.50. The summed E-state index contributed by atoms with van der Waals surface area (Å²) in [6.07, 6.45) is 2.17. The smallest absolute Gasteiger partial charge is 0.157 e. The highest BCUT2D eigenvalue weighted by Gasteiger charge is 2.30. The monoisotopic (exact) mass is 322 g/mol. The molecule has 2 unspecified atom stereocenters. The Balaban J connectivity index is 1.59. The van der Waals surface area contributed by atoms with Crippen molar-refractivity contribution in [3.8, 4) is 0 Å². The number of anilines is 1. The number of aromatic nitrogens is 3. The van der Waals surface area contributed by atoms with Gasteiger partial charge in [0.25, 0.3) is 0 Å². The lowest BCUT2D eigenvalue weighted by Crippen LogP contribution is -2.36. The highest BCUT2D eigenvalue weighted by Crippen LogP contribution is 2.32. The van der Waals surface area contributed by atoms with Gasteiger partial charge in [0.05, 0.1) is 5.52 Å². The molecular formula is C19H22N4O. The molecule has 0 spiro atoms. The van der Waals surface area contributed by atoms with E-state index in [1.54, 1.807) is 0 Å². The van der Waals surface area contributed by atoms with Crippen molar-refractivity contribution in [1.29, 1.82) is 0 Å². The second kappa shape index (κ2) is 6.61. The molecule has 0 radical (unpaired) electrons. The summed E-state index contributed by atoms with van der Waals surface area (Å²) in [4.78, 5) is 2.30. The van der Waals surface area contributed by atoms with Crippen LogP contribution in [-0.4, -0.2) is 35.2 Å². The minimum absolute atomic E-state index is 0.0580. The molecule has 4 rings (SSSR count). The highest BCUT2D eigenvalue weighted by molar-refractivity contribution is 5.73. The molecule has 3 aromatic rings. The molecule has 1 aliphatic heterocycles. The summed E-state index contributed by atoms with van der Waals surface area (Å²) < 4.78 is 8.07. The Morgan fingerprint density at radius 2 is 1.92 bits per heavy atom. The molecule has 2 atom stereocenters. The Kier molecular flexibility index (Phi) is 4.17. The van der Waals surface area contributed by atoms with Crippen LogP contribution in [0.3, 0.4) is 0 Å². The lowest BCUT2D eigenvalue weighted by Gasteiger charge is -2.35. The van der Waals surface area contributed by atoms with Crippen LogP contribution < -0.4 is 4.90 Å². The third-order valence-electron chi connectivity index (χ3n) is 4.73. The molecule has 5 heteroatoms. The Hall–Kier alpha value is -2.40. The Bertz CT molecular complexity index is 801. The van der Waals surface area contributed by atoms with Gasteiger partial charge in [0.2, 0.25) is 0 Å². The second-order valence-corrected chi connectivity index (χ2v) is 6.40. The van der Waals surface area contributed by atoms with Crippen molar-refractivity contribution < 1.29 is 4.74 Å². The number of nitrogens with zero attached hydrogens (tertiary/aromatic N) is 4. The molecule has 1 saturated heterocycles. The average molecular weight is 322 g/mol. The van der Waals surface area contributed by atoms with E-state index < -0.39 is 0 Å².